The summed E-state index contributed by atoms with van der Waals surface area (Å²) in [6, 6.07) is 9.70. The van der Waals surface area contributed by atoms with Gasteiger partial charge in [0.2, 0.25) is 0 Å². The Morgan fingerprint density at radius 1 is 1.42 bits per heavy atom. The van der Waals surface area contributed by atoms with E-state index in [1.807, 2.05) is 30.3 Å². The number of hydrogen-bond donors (Lipinski definition) is 2. The SMILES string of the molecule is OC(C=S)CNc1ccccc1. The van der Waals surface area contributed by atoms with Crippen molar-refractivity contribution in [2.45, 2.75) is 6.10 Å². The largest absolute Gasteiger partial charge is 0.386 e. The maximum Gasteiger partial charge on any atom is 0.0994 e. The third-order valence-corrected chi connectivity index (χ3v) is 1.76. The summed E-state index contributed by atoms with van der Waals surface area (Å²) in [5.41, 5.74) is 0.994. The molecule has 3 heteroatoms. The minimum absolute atomic E-state index is 0.466. The fourth-order valence-corrected chi connectivity index (χ4v) is 0.923. The van der Waals surface area contributed by atoms with Gasteiger partial charge in [-0.1, -0.05) is 30.4 Å². The standard InChI is InChI=1S/C9H11NOS/c11-9(7-12)6-10-8-4-2-1-3-5-8/h1-5,7,9-11H,6H2. The van der Waals surface area contributed by atoms with Crippen LogP contribution in [0.25, 0.3) is 0 Å². The van der Waals surface area contributed by atoms with Crippen LogP contribution in [0.3, 0.4) is 0 Å². The van der Waals surface area contributed by atoms with E-state index in [-0.39, 0.29) is 0 Å². The molecule has 1 aromatic rings. The molecule has 0 saturated heterocycles. The number of anilines is 1. The van der Waals surface area contributed by atoms with Gasteiger partial charge in [-0.05, 0) is 12.1 Å². The first-order valence-electron chi connectivity index (χ1n) is 3.75. The molecule has 0 amide bonds. The van der Waals surface area contributed by atoms with Gasteiger partial charge < -0.3 is 10.4 Å². The van der Waals surface area contributed by atoms with Gasteiger partial charge >= 0.3 is 0 Å². The van der Waals surface area contributed by atoms with E-state index >= 15 is 0 Å². The van der Waals surface area contributed by atoms with Crippen molar-refractivity contribution >= 4 is 23.3 Å². The van der Waals surface area contributed by atoms with Crippen molar-refractivity contribution in [3.8, 4) is 0 Å². The Morgan fingerprint density at radius 3 is 2.67 bits per heavy atom. The van der Waals surface area contributed by atoms with Crippen molar-refractivity contribution in [3.05, 3.63) is 30.3 Å². The molecule has 0 spiro atoms. The highest BCUT2D eigenvalue weighted by Crippen LogP contribution is 2.03. The average Bonchev–Trinajstić information content (AvgIpc) is 2.16. The first kappa shape index (κ1) is 9.16. The van der Waals surface area contributed by atoms with Crippen LogP contribution in [0.2, 0.25) is 0 Å². The van der Waals surface area contributed by atoms with E-state index in [0.29, 0.717) is 6.54 Å². The highest BCUT2D eigenvalue weighted by Gasteiger charge is 1.96. The average molecular weight is 181 g/mol. The second kappa shape index (κ2) is 4.85. The molecule has 0 saturated carbocycles. The van der Waals surface area contributed by atoms with Crippen LogP contribution in [-0.4, -0.2) is 23.1 Å². The summed E-state index contributed by atoms with van der Waals surface area (Å²) in [5.74, 6) is 0. The number of rotatable bonds is 4. The minimum atomic E-state index is -0.555. The molecule has 0 aliphatic heterocycles. The summed E-state index contributed by atoms with van der Waals surface area (Å²) < 4.78 is 0. The monoisotopic (exact) mass is 181 g/mol. The summed E-state index contributed by atoms with van der Waals surface area (Å²) in [6.45, 7) is 0.466. The Balaban J connectivity index is 2.38. The van der Waals surface area contributed by atoms with Gasteiger partial charge in [-0.25, -0.2) is 0 Å². The van der Waals surface area contributed by atoms with Gasteiger partial charge in [0.05, 0.1) is 6.10 Å². The first-order chi connectivity index (χ1) is 5.83. The fourth-order valence-electron chi connectivity index (χ4n) is 0.827. The molecule has 0 aliphatic carbocycles. The molecule has 12 heavy (non-hydrogen) atoms. The molecule has 1 atom stereocenters. The first-order valence-corrected chi connectivity index (χ1v) is 4.22. The molecule has 2 N–H and O–H groups in total. The lowest BCUT2D eigenvalue weighted by atomic mass is 10.3. The van der Waals surface area contributed by atoms with Gasteiger partial charge in [0.15, 0.2) is 0 Å². The maximum atomic E-state index is 9.10. The molecule has 0 bridgehead atoms. The van der Waals surface area contributed by atoms with Gasteiger partial charge in [0.25, 0.3) is 0 Å². The van der Waals surface area contributed by atoms with Gasteiger partial charge in [-0.15, -0.1) is 0 Å². The van der Waals surface area contributed by atoms with Crippen molar-refractivity contribution in [1.82, 2.24) is 0 Å². The summed E-state index contributed by atoms with van der Waals surface area (Å²) in [6.07, 6.45) is -0.555. The van der Waals surface area contributed by atoms with Gasteiger partial charge in [0, 0.05) is 17.6 Å². The van der Waals surface area contributed by atoms with Crippen molar-refractivity contribution in [1.29, 1.82) is 0 Å². The molecule has 0 heterocycles. The van der Waals surface area contributed by atoms with E-state index in [4.69, 9.17) is 5.11 Å². The Bertz CT molecular complexity index is 238. The molecular formula is C9H11NOS. The van der Waals surface area contributed by atoms with Crippen LogP contribution in [0.4, 0.5) is 5.69 Å². The summed E-state index contributed by atoms with van der Waals surface area (Å²) in [5, 5.41) is 13.5. The molecule has 0 aromatic heterocycles. The molecule has 0 fully saturated rings. The molecule has 0 aliphatic rings. The molecular weight excluding hydrogens is 170 g/mol. The molecule has 1 unspecified atom stereocenters. The Labute approximate surface area is 77.2 Å². The number of benzene rings is 1. The van der Waals surface area contributed by atoms with E-state index in [9.17, 15) is 0 Å². The number of hydrogen-bond acceptors (Lipinski definition) is 3. The van der Waals surface area contributed by atoms with Crippen LogP contribution in [0.15, 0.2) is 30.3 Å². The highest BCUT2D eigenvalue weighted by atomic mass is 32.1. The number of aliphatic hydroxyl groups excluding tert-OH is 1. The van der Waals surface area contributed by atoms with E-state index in [1.165, 1.54) is 5.37 Å². The van der Waals surface area contributed by atoms with Gasteiger partial charge in [-0.2, -0.15) is 0 Å². The predicted molar refractivity (Wildman–Crippen MR) is 54.6 cm³/mol. The Kier molecular flexibility index (Phi) is 3.70. The van der Waals surface area contributed by atoms with Crippen LogP contribution in [-0.2, 0) is 0 Å². The van der Waals surface area contributed by atoms with Crippen molar-refractivity contribution in [2.75, 3.05) is 11.9 Å². The molecule has 1 rings (SSSR count). The fraction of sp³-hybridized carbons (Fsp3) is 0.222. The molecule has 0 radical (unpaired) electrons. The van der Waals surface area contributed by atoms with E-state index in [1.54, 1.807) is 0 Å². The smallest absolute Gasteiger partial charge is 0.0994 e. The second-order valence-corrected chi connectivity index (χ2v) is 2.72. The van der Waals surface area contributed by atoms with Gasteiger partial charge in [-0.3, -0.25) is 0 Å². The lowest BCUT2D eigenvalue weighted by Gasteiger charge is -2.07. The lowest BCUT2D eigenvalue weighted by Crippen LogP contribution is -2.19. The van der Waals surface area contributed by atoms with Crippen molar-refractivity contribution in [3.63, 3.8) is 0 Å². The second-order valence-electron chi connectivity index (χ2n) is 2.45. The molecule has 2 nitrogen and oxygen atoms in total. The van der Waals surface area contributed by atoms with E-state index in [2.05, 4.69) is 17.5 Å². The summed E-state index contributed by atoms with van der Waals surface area (Å²) in [4.78, 5) is 0. The third-order valence-electron chi connectivity index (χ3n) is 1.45. The Morgan fingerprint density at radius 2 is 2.08 bits per heavy atom. The zero-order valence-corrected chi connectivity index (χ0v) is 7.42. The number of aliphatic hydroxyl groups is 1. The predicted octanol–water partition coefficient (Wildman–Crippen LogP) is 1.46. The maximum absolute atomic E-state index is 9.10. The number of nitrogens with one attached hydrogen (secondary N) is 1. The number of para-hydroxylation sites is 1. The van der Waals surface area contributed by atoms with Crippen molar-refractivity contribution < 1.29 is 5.11 Å². The minimum Gasteiger partial charge on any atom is -0.386 e. The zero-order chi connectivity index (χ0) is 8.81. The third kappa shape index (κ3) is 2.98. The van der Waals surface area contributed by atoms with Crippen LogP contribution in [0.1, 0.15) is 0 Å². The van der Waals surface area contributed by atoms with E-state index in [0.717, 1.165) is 5.69 Å². The number of thiocarbonyl (C=S) groups is 1. The zero-order valence-electron chi connectivity index (χ0n) is 6.60. The quantitative estimate of drug-likeness (QED) is 0.690. The van der Waals surface area contributed by atoms with Crippen molar-refractivity contribution in [2.24, 2.45) is 0 Å². The van der Waals surface area contributed by atoms with Crippen LogP contribution in [0.5, 0.6) is 0 Å². The summed E-state index contributed by atoms with van der Waals surface area (Å²) >= 11 is 4.58. The highest BCUT2D eigenvalue weighted by molar-refractivity contribution is 7.79. The summed E-state index contributed by atoms with van der Waals surface area (Å²) in [7, 11) is 0. The van der Waals surface area contributed by atoms with Crippen LogP contribution >= 0.6 is 12.2 Å². The molecule has 64 valence electrons. The van der Waals surface area contributed by atoms with E-state index < -0.39 is 6.10 Å². The van der Waals surface area contributed by atoms with Crippen LogP contribution in [0, 0.1) is 0 Å². The topological polar surface area (TPSA) is 32.3 Å². The van der Waals surface area contributed by atoms with Crippen LogP contribution < -0.4 is 5.32 Å². The lowest BCUT2D eigenvalue weighted by molar-refractivity contribution is 0.261. The normalized spacial score (nSPS) is 12.1. The van der Waals surface area contributed by atoms with Gasteiger partial charge in [0.1, 0.15) is 0 Å². The molecule has 1 aromatic carbocycles. The Hall–Kier alpha value is -0.930.